The van der Waals surface area contributed by atoms with Gasteiger partial charge in [0, 0.05) is 69.0 Å². The minimum absolute atomic E-state index is 0. The van der Waals surface area contributed by atoms with Crippen molar-refractivity contribution in [1.29, 1.82) is 0 Å². The van der Waals surface area contributed by atoms with Gasteiger partial charge in [-0.1, -0.05) is 12.1 Å². The van der Waals surface area contributed by atoms with Crippen molar-refractivity contribution in [2.24, 2.45) is 4.99 Å². The number of nitrogens with zero attached hydrogens (tertiary/aromatic N) is 3. The number of guanidine groups is 1. The molecule has 1 aliphatic heterocycles. The summed E-state index contributed by atoms with van der Waals surface area (Å²) in [5, 5.41) is 6.85. The van der Waals surface area contributed by atoms with E-state index in [2.05, 4.69) is 77.4 Å². The molecule has 1 heterocycles. The average molecular weight is 520 g/mol. The number of rotatable bonds is 8. The van der Waals surface area contributed by atoms with Crippen molar-refractivity contribution in [3.63, 3.8) is 0 Å². The van der Waals surface area contributed by atoms with Crippen LogP contribution in [0.3, 0.4) is 0 Å². The largest absolute Gasteiger partial charge is 0.370 e. The van der Waals surface area contributed by atoms with Crippen molar-refractivity contribution in [3.8, 4) is 0 Å². The Balaban J connectivity index is 0.00000392. The number of anilines is 1. The quantitative estimate of drug-likeness (QED) is 0.312. The third kappa shape index (κ3) is 8.37. The van der Waals surface area contributed by atoms with Crippen LogP contribution in [0.5, 0.6) is 0 Å². The molecule has 5 nitrogen and oxygen atoms in total. The van der Waals surface area contributed by atoms with Gasteiger partial charge < -0.3 is 15.5 Å². The number of thioether (sulfide) groups is 1. The van der Waals surface area contributed by atoms with Crippen LogP contribution in [0.25, 0.3) is 0 Å². The van der Waals surface area contributed by atoms with Crippen LogP contribution >= 0.6 is 35.7 Å². The third-order valence-corrected chi connectivity index (χ3v) is 5.93. The smallest absolute Gasteiger partial charge is 0.191 e. The lowest BCUT2D eigenvalue weighted by atomic mass is 10.2. The van der Waals surface area contributed by atoms with Crippen LogP contribution in [0.15, 0.2) is 29.3 Å². The van der Waals surface area contributed by atoms with Gasteiger partial charge in [0.05, 0.1) is 0 Å². The molecule has 160 valence electrons. The molecule has 0 amide bonds. The molecular weight excluding hydrogens is 481 g/mol. The molecule has 28 heavy (non-hydrogen) atoms. The zero-order valence-corrected chi connectivity index (χ0v) is 21.2. The first-order valence-corrected chi connectivity index (χ1v) is 11.3. The van der Waals surface area contributed by atoms with E-state index in [-0.39, 0.29) is 24.0 Å². The summed E-state index contributed by atoms with van der Waals surface area (Å²) < 4.78 is 0. The van der Waals surface area contributed by atoms with E-state index in [1.165, 1.54) is 22.8 Å². The van der Waals surface area contributed by atoms with E-state index in [4.69, 9.17) is 0 Å². The fourth-order valence-corrected chi connectivity index (χ4v) is 4.37. The number of nitrogens with one attached hydrogen (secondary N) is 2. The highest BCUT2D eigenvalue weighted by Gasteiger charge is 2.13. The van der Waals surface area contributed by atoms with Gasteiger partial charge in [-0.2, -0.15) is 11.8 Å². The molecular formula is C21H38IN5S. The molecule has 1 aromatic rings. The SMILES string of the molecule is CN=C(NCCN(C(C)C)C(C)C)NCc1ccc(N2CCSCC2)cc1.I. The van der Waals surface area contributed by atoms with Crippen LogP contribution in [0.4, 0.5) is 5.69 Å². The summed E-state index contributed by atoms with van der Waals surface area (Å²) in [5.41, 5.74) is 2.61. The molecule has 2 N–H and O–H groups in total. The van der Waals surface area contributed by atoms with E-state index in [0.29, 0.717) is 12.1 Å². The summed E-state index contributed by atoms with van der Waals surface area (Å²) in [7, 11) is 1.83. The van der Waals surface area contributed by atoms with Gasteiger partial charge in [-0.15, -0.1) is 24.0 Å². The van der Waals surface area contributed by atoms with E-state index in [1.807, 2.05) is 18.8 Å². The number of halogens is 1. The van der Waals surface area contributed by atoms with E-state index in [1.54, 1.807) is 0 Å². The van der Waals surface area contributed by atoms with Gasteiger partial charge >= 0.3 is 0 Å². The zero-order valence-electron chi connectivity index (χ0n) is 18.1. The second kappa shape index (κ2) is 13.5. The van der Waals surface area contributed by atoms with E-state index in [0.717, 1.165) is 38.7 Å². The third-order valence-electron chi connectivity index (χ3n) is 4.99. The molecule has 0 aliphatic carbocycles. The molecule has 0 saturated carbocycles. The Morgan fingerprint density at radius 3 is 2.21 bits per heavy atom. The van der Waals surface area contributed by atoms with Gasteiger partial charge in [0.1, 0.15) is 0 Å². The van der Waals surface area contributed by atoms with Gasteiger partial charge in [-0.3, -0.25) is 9.89 Å². The maximum atomic E-state index is 4.35. The number of benzene rings is 1. The molecule has 1 fully saturated rings. The van der Waals surface area contributed by atoms with Crippen molar-refractivity contribution >= 4 is 47.4 Å². The molecule has 1 saturated heterocycles. The molecule has 0 radical (unpaired) electrons. The normalized spacial score (nSPS) is 15.1. The van der Waals surface area contributed by atoms with Crippen molar-refractivity contribution in [1.82, 2.24) is 15.5 Å². The second-order valence-corrected chi connectivity index (χ2v) is 8.77. The fraction of sp³-hybridized carbons (Fsp3) is 0.667. The van der Waals surface area contributed by atoms with Crippen molar-refractivity contribution in [2.45, 2.75) is 46.3 Å². The lowest BCUT2D eigenvalue weighted by Gasteiger charge is -2.30. The van der Waals surface area contributed by atoms with Gasteiger partial charge in [0.25, 0.3) is 0 Å². The number of aliphatic imine (C=N–C) groups is 1. The van der Waals surface area contributed by atoms with Gasteiger partial charge in [0.15, 0.2) is 5.96 Å². The molecule has 0 spiro atoms. The lowest BCUT2D eigenvalue weighted by Crippen LogP contribution is -2.45. The number of hydrogen-bond donors (Lipinski definition) is 2. The molecule has 1 aromatic carbocycles. The van der Waals surface area contributed by atoms with E-state index >= 15 is 0 Å². The lowest BCUT2D eigenvalue weighted by molar-refractivity contribution is 0.178. The van der Waals surface area contributed by atoms with Crippen LogP contribution in [0.2, 0.25) is 0 Å². The first-order chi connectivity index (χ1) is 13.0. The summed E-state index contributed by atoms with van der Waals surface area (Å²) in [6.07, 6.45) is 0. The van der Waals surface area contributed by atoms with Crippen LogP contribution in [-0.2, 0) is 6.54 Å². The maximum Gasteiger partial charge on any atom is 0.191 e. The van der Waals surface area contributed by atoms with Gasteiger partial charge in [-0.25, -0.2) is 0 Å². The zero-order chi connectivity index (χ0) is 19.6. The molecule has 0 aromatic heterocycles. The van der Waals surface area contributed by atoms with Crippen LogP contribution in [0, 0.1) is 0 Å². The fourth-order valence-electron chi connectivity index (χ4n) is 3.47. The summed E-state index contributed by atoms with van der Waals surface area (Å²) in [6.45, 7) is 14.0. The van der Waals surface area contributed by atoms with Crippen LogP contribution < -0.4 is 15.5 Å². The summed E-state index contributed by atoms with van der Waals surface area (Å²) in [6, 6.07) is 10.0. The monoisotopic (exact) mass is 519 g/mol. The highest BCUT2D eigenvalue weighted by molar-refractivity contribution is 14.0. The van der Waals surface area contributed by atoms with Gasteiger partial charge in [-0.05, 0) is 45.4 Å². The predicted molar refractivity (Wildman–Crippen MR) is 137 cm³/mol. The highest BCUT2D eigenvalue weighted by atomic mass is 127. The van der Waals surface area contributed by atoms with E-state index < -0.39 is 0 Å². The van der Waals surface area contributed by atoms with Crippen molar-refractivity contribution in [3.05, 3.63) is 29.8 Å². The first kappa shape index (κ1) is 25.4. The average Bonchev–Trinajstić information content (AvgIpc) is 2.68. The molecule has 0 unspecified atom stereocenters. The Kier molecular flexibility index (Phi) is 12.3. The minimum Gasteiger partial charge on any atom is -0.370 e. The van der Waals surface area contributed by atoms with Gasteiger partial charge in [0.2, 0.25) is 0 Å². The molecule has 2 rings (SSSR count). The van der Waals surface area contributed by atoms with Crippen LogP contribution in [0.1, 0.15) is 33.3 Å². The Labute approximate surface area is 193 Å². The predicted octanol–water partition coefficient (Wildman–Crippen LogP) is 3.64. The Morgan fingerprint density at radius 1 is 1.07 bits per heavy atom. The molecule has 0 bridgehead atoms. The number of hydrogen-bond acceptors (Lipinski definition) is 4. The Morgan fingerprint density at radius 2 is 1.68 bits per heavy atom. The summed E-state index contributed by atoms with van der Waals surface area (Å²) in [4.78, 5) is 9.31. The maximum absolute atomic E-state index is 4.35. The second-order valence-electron chi connectivity index (χ2n) is 7.54. The molecule has 0 atom stereocenters. The summed E-state index contributed by atoms with van der Waals surface area (Å²) in [5.74, 6) is 3.33. The Hall–Kier alpha value is -0.670. The van der Waals surface area contributed by atoms with Crippen molar-refractivity contribution < 1.29 is 0 Å². The first-order valence-electron chi connectivity index (χ1n) is 10.1. The highest BCUT2D eigenvalue weighted by Crippen LogP contribution is 2.19. The Bertz CT molecular complexity index is 563. The standard InChI is InChI=1S/C21H37N5S.HI/c1-17(2)26(18(3)4)11-10-23-21(22-5)24-16-19-6-8-20(9-7-19)25-12-14-27-15-13-25;/h6-9,17-18H,10-16H2,1-5H3,(H2,22,23,24);1H. The minimum atomic E-state index is 0. The van der Waals surface area contributed by atoms with Crippen LogP contribution in [-0.4, -0.2) is 67.7 Å². The summed E-state index contributed by atoms with van der Waals surface area (Å²) >= 11 is 2.05. The molecule has 1 aliphatic rings. The molecule has 7 heteroatoms. The topological polar surface area (TPSA) is 42.9 Å². The van der Waals surface area contributed by atoms with Crippen molar-refractivity contribution in [2.75, 3.05) is 49.6 Å². The van der Waals surface area contributed by atoms with E-state index in [9.17, 15) is 0 Å².